The number of benzene rings is 1. The average Bonchev–Trinajstić information content (AvgIpc) is 3.41. The predicted octanol–water partition coefficient (Wildman–Crippen LogP) is 2.51. The molecule has 32 heavy (non-hydrogen) atoms. The van der Waals surface area contributed by atoms with E-state index in [1.165, 1.54) is 4.90 Å². The number of aliphatic hydroxyl groups is 1. The second kappa shape index (κ2) is 9.08. The summed E-state index contributed by atoms with van der Waals surface area (Å²) in [6, 6.07) is 6.15. The van der Waals surface area contributed by atoms with Crippen molar-refractivity contribution < 1.29 is 24.2 Å². The van der Waals surface area contributed by atoms with Crippen molar-refractivity contribution in [2.24, 2.45) is 11.8 Å². The van der Waals surface area contributed by atoms with E-state index < -0.39 is 22.6 Å². The highest BCUT2D eigenvalue weighted by Crippen LogP contribution is 2.66. The molecule has 1 N–H and O–H groups in total. The van der Waals surface area contributed by atoms with Crippen LogP contribution in [-0.2, 0) is 19.1 Å². The molecule has 3 heterocycles. The second-order valence-electron chi connectivity index (χ2n) is 8.28. The minimum absolute atomic E-state index is 0.0385. The van der Waals surface area contributed by atoms with E-state index in [2.05, 4.69) is 6.58 Å². The summed E-state index contributed by atoms with van der Waals surface area (Å²) in [5.41, 5.74) is 0.648. The first-order valence-corrected chi connectivity index (χ1v) is 12.1. The molecule has 2 bridgehead atoms. The van der Waals surface area contributed by atoms with Gasteiger partial charge in [-0.25, -0.2) is 0 Å². The number of halogens is 1. The van der Waals surface area contributed by atoms with Gasteiger partial charge >= 0.3 is 5.97 Å². The van der Waals surface area contributed by atoms with Crippen molar-refractivity contribution >= 4 is 46.8 Å². The lowest BCUT2D eigenvalue weighted by atomic mass is 9.71. The number of thioether (sulfide) groups is 1. The first kappa shape index (κ1) is 23.1. The van der Waals surface area contributed by atoms with Gasteiger partial charge in [0.15, 0.2) is 0 Å². The lowest BCUT2D eigenvalue weighted by molar-refractivity contribution is -0.153. The summed E-state index contributed by atoms with van der Waals surface area (Å²) in [6.45, 7) is 5.80. The van der Waals surface area contributed by atoms with E-state index >= 15 is 0 Å². The molecule has 1 aromatic rings. The molecule has 1 spiro atoms. The van der Waals surface area contributed by atoms with E-state index in [0.29, 0.717) is 17.1 Å². The number of carbonyl (C=O) groups is 3. The van der Waals surface area contributed by atoms with Crippen LogP contribution in [0, 0.1) is 11.8 Å². The minimum atomic E-state index is -0.780. The number of carbonyl (C=O) groups excluding carboxylic acids is 3. The summed E-state index contributed by atoms with van der Waals surface area (Å²) < 4.78 is 4.58. The SMILES string of the molecule is C=CCN(C(=O)C1N(CCO)C(=O)[C@@H]2[C@H](C(=O)OCC)[C@@H]3CCC12S3)c1ccc(Cl)cc1. The van der Waals surface area contributed by atoms with Crippen LogP contribution in [0.2, 0.25) is 5.02 Å². The van der Waals surface area contributed by atoms with Crippen LogP contribution in [0.25, 0.3) is 0 Å². The molecule has 3 fully saturated rings. The van der Waals surface area contributed by atoms with E-state index in [-0.39, 0.29) is 49.3 Å². The third kappa shape index (κ3) is 3.53. The summed E-state index contributed by atoms with van der Waals surface area (Å²) in [5, 5.41) is 10.2. The number of likely N-dealkylation sites (tertiary alicyclic amines) is 1. The Morgan fingerprint density at radius 3 is 2.75 bits per heavy atom. The molecular weight excluding hydrogens is 452 g/mol. The van der Waals surface area contributed by atoms with Crippen LogP contribution in [-0.4, -0.2) is 70.1 Å². The number of β-amino-alcohol motifs (C(OH)–C–C–N with tert-alkyl or cyclic N) is 1. The molecule has 2 amide bonds. The molecular formula is C23H27ClN2O5S. The monoisotopic (exact) mass is 478 g/mol. The number of fused-ring (bicyclic) bond motifs is 1. The zero-order chi connectivity index (χ0) is 23.0. The number of anilines is 1. The highest BCUT2D eigenvalue weighted by Gasteiger charge is 2.74. The molecule has 3 aliphatic rings. The molecule has 2 unspecified atom stereocenters. The highest BCUT2D eigenvalue weighted by atomic mass is 35.5. The van der Waals surface area contributed by atoms with Gasteiger partial charge < -0.3 is 19.6 Å². The molecule has 0 aliphatic carbocycles. The van der Waals surface area contributed by atoms with Crippen molar-refractivity contribution in [3.8, 4) is 0 Å². The topological polar surface area (TPSA) is 87.2 Å². The van der Waals surface area contributed by atoms with E-state index in [9.17, 15) is 19.5 Å². The van der Waals surface area contributed by atoms with Gasteiger partial charge in [0.25, 0.3) is 5.91 Å². The third-order valence-electron chi connectivity index (χ3n) is 6.65. The fraction of sp³-hybridized carbons (Fsp3) is 0.522. The quantitative estimate of drug-likeness (QED) is 0.456. The standard InChI is InChI=1S/C23H27ClN2O5S/c1-3-11-25(15-7-5-14(24)6-8-15)21(29)19-23-10-9-16(32-23)17(22(30)31-4-2)18(23)20(28)26(19)12-13-27/h3,5-8,16-19,27H,1,4,9-13H2,2H3/t16-,17+,18-,19?,23?/m0/s1. The molecule has 0 radical (unpaired) electrons. The van der Waals surface area contributed by atoms with Gasteiger partial charge in [0, 0.05) is 29.0 Å². The number of esters is 1. The molecule has 3 aliphatic heterocycles. The van der Waals surface area contributed by atoms with Gasteiger partial charge in [0.05, 0.1) is 29.8 Å². The normalized spacial score (nSPS) is 30.3. The Balaban J connectivity index is 1.75. The van der Waals surface area contributed by atoms with Crippen LogP contribution in [0.5, 0.6) is 0 Å². The van der Waals surface area contributed by atoms with Crippen LogP contribution >= 0.6 is 23.4 Å². The lowest BCUT2D eigenvalue weighted by Gasteiger charge is -2.37. The Labute approximate surface area is 196 Å². The summed E-state index contributed by atoms with van der Waals surface area (Å²) in [4.78, 5) is 43.4. The lowest BCUT2D eigenvalue weighted by Crippen LogP contribution is -2.55. The largest absolute Gasteiger partial charge is 0.466 e. The Hall–Kier alpha value is -2.03. The van der Waals surface area contributed by atoms with Gasteiger partial charge in [-0.2, -0.15) is 0 Å². The number of hydrogen-bond acceptors (Lipinski definition) is 6. The molecule has 3 saturated heterocycles. The molecule has 0 saturated carbocycles. The molecule has 1 aromatic carbocycles. The average molecular weight is 479 g/mol. The molecule has 0 aromatic heterocycles. The van der Waals surface area contributed by atoms with Crippen molar-refractivity contribution in [2.45, 2.75) is 35.8 Å². The molecule has 172 valence electrons. The highest BCUT2D eigenvalue weighted by molar-refractivity contribution is 8.02. The number of ether oxygens (including phenoxy) is 1. The van der Waals surface area contributed by atoms with Gasteiger partial charge in [0.2, 0.25) is 5.91 Å². The van der Waals surface area contributed by atoms with Gasteiger partial charge in [-0.15, -0.1) is 18.3 Å². The number of amides is 2. The molecule has 4 rings (SSSR count). The van der Waals surface area contributed by atoms with Gasteiger partial charge in [-0.05, 0) is 44.0 Å². The second-order valence-corrected chi connectivity index (χ2v) is 10.3. The van der Waals surface area contributed by atoms with E-state index in [1.807, 2.05) is 0 Å². The first-order valence-electron chi connectivity index (χ1n) is 10.8. The van der Waals surface area contributed by atoms with Crippen LogP contribution in [0.4, 0.5) is 5.69 Å². The zero-order valence-electron chi connectivity index (χ0n) is 17.9. The van der Waals surface area contributed by atoms with Crippen LogP contribution in [0.1, 0.15) is 19.8 Å². The summed E-state index contributed by atoms with van der Waals surface area (Å²) >= 11 is 7.60. The predicted molar refractivity (Wildman–Crippen MR) is 124 cm³/mol. The maximum absolute atomic E-state index is 14.0. The molecule has 9 heteroatoms. The van der Waals surface area contributed by atoms with Crippen molar-refractivity contribution in [3.63, 3.8) is 0 Å². The van der Waals surface area contributed by atoms with Crippen molar-refractivity contribution in [1.82, 2.24) is 4.90 Å². The van der Waals surface area contributed by atoms with Crippen molar-refractivity contribution in [1.29, 1.82) is 0 Å². The minimum Gasteiger partial charge on any atom is -0.466 e. The summed E-state index contributed by atoms with van der Waals surface area (Å²) in [7, 11) is 0. The summed E-state index contributed by atoms with van der Waals surface area (Å²) in [6.07, 6.45) is 3.04. The van der Waals surface area contributed by atoms with Crippen molar-refractivity contribution in [2.75, 3.05) is 31.2 Å². The van der Waals surface area contributed by atoms with Gasteiger partial charge in [0.1, 0.15) is 6.04 Å². The Morgan fingerprint density at radius 1 is 1.41 bits per heavy atom. The van der Waals surface area contributed by atoms with E-state index in [0.717, 1.165) is 6.42 Å². The van der Waals surface area contributed by atoms with Gasteiger partial charge in [-0.3, -0.25) is 14.4 Å². The van der Waals surface area contributed by atoms with Crippen molar-refractivity contribution in [3.05, 3.63) is 41.9 Å². The van der Waals surface area contributed by atoms with Crippen LogP contribution in [0.15, 0.2) is 36.9 Å². The maximum atomic E-state index is 14.0. The molecule has 7 nitrogen and oxygen atoms in total. The van der Waals surface area contributed by atoms with E-state index in [4.69, 9.17) is 16.3 Å². The Bertz CT molecular complexity index is 925. The van der Waals surface area contributed by atoms with Crippen LogP contribution in [0.3, 0.4) is 0 Å². The maximum Gasteiger partial charge on any atom is 0.310 e. The fourth-order valence-corrected chi connectivity index (χ4v) is 7.83. The Kier molecular flexibility index (Phi) is 6.56. The zero-order valence-corrected chi connectivity index (χ0v) is 19.5. The summed E-state index contributed by atoms with van der Waals surface area (Å²) in [5.74, 6) is -2.05. The first-order chi connectivity index (χ1) is 15.4. The number of hydrogen-bond donors (Lipinski definition) is 1. The van der Waals surface area contributed by atoms with Crippen LogP contribution < -0.4 is 4.90 Å². The third-order valence-corrected chi connectivity index (χ3v) is 8.85. The van der Waals surface area contributed by atoms with Gasteiger partial charge in [-0.1, -0.05) is 17.7 Å². The Morgan fingerprint density at radius 2 is 2.12 bits per heavy atom. The fourth-order valence-electron chi connectivity index (χ4n) is 5.51. The molecule has 5 atom stereocenters. The number of rotatable bonds is 8. The smallest absolute Gasteiger partial charge is 0.310 e. The number of aliphatic hydroxyl groups excluding tert-OH is 1. The van der Waals surface area contributed by atoms with E-state index in [1.54, 1.807) is 53.9 Å². The number of nitrogens with zero attached hydrogens (tertiary/aromatic N) is 2.